The Bertz CT molecular complexity index is 1070. The number of nitrogens with one attached hydrogen (secondary N) is 1. The molecule has 0 spiro atoms. The Balaban J connectivity index is 1.12. The van der Waals surface area contributed by atoms with Gasteiger partial charge in [0.25, 0.3) is 0 Å². The van der Waals surface area contributed by atoms with Crippen molar-refractivity contribution in [1.82, 2.24) is 14.9 Å². The number of ketones is 1. The number of aromatic nitrogens is 2. The van der Waals surface area contributed by atoms with Gasteiger partial charge in [-0.1, -0.05) is 30.3 Å². The van der Waals surface area contributed by atoms with Crippen molar-refractivity contribution in [3.8, 4) is 0 Å². The average molecular weight is 449 g/mol. The highest BCUT2D eigenvalue weighted by Crippen LogP contribution is 2.39. The number of carbonyl (C=O) groups excluding carboxylic acids is 1. The standard InChI is InChI=1S/C26H32N4OS/c1-30(16-21(31)15-10-18-6-3-2-4-7-18)20-13-11-19(12-14-20)29-25-24-22-8-5-9-23(22)32-26(24)28-17-27-25/h2-4,6-7,17,19-20H,5,8-16H2,1H3,(H,27,28,29). The highest BCUT2D eigenvalue weighted by Gasteiger charge is 2.27. The van der Waals surface area contributed by atoms with E-state index < -0.39 is 0 Å². The van der Waals surface area contributed by atoms with Gasteiger partial charge >= 0.3 is 0 Å². The number of thiophene rings is 1. The fourth-order valence-electron chi connectivity index (χ4n) is 5.31. The van der Waals surface area contributed by atoms with Gasteiger partial charge in [0.2, 0.25) is 0 Å². The van der Waals surface area contributed by atoms with Crippen molar-refractivity contribution in [3.05, 3.63) is 52.7 Å². The van der Waals surface area contributed by atoms with Crippen molar-refractivity contribution in [3.63, 3.8) is 0 Å². The minimum atomic E-state index is 0.339. The molecule has 3 aromatic rings. The second kappa shape index (κ2) is 9.67. The Labute approximate surface area is 194 Å². The number of likely N-dealkylation sites (N-methyl/N-ethyl adjacent to an activating group) is 1. The maximum Gasteiger partial charge on any atom is 0.147 e. The molecule has 5 rings (SSSR count). The summed E-state index contributed by atoms with van der Waals surface area (Å²) in [6.07, 6.45) is 11.3. The molecular weight excluding hydrogens is 416 g/mol. The van der Waals surface area contributed by atoms with Crippen LogP contribution in [0.3, 0.4) is 0 Å². The zero-order valence-corrected chi connectivity index (χ0v) is 19.7. The van der Waals surface area contributed by atoms with Crippen LogP contribution in [-0.4, -0.2) is 46.3 Å². The molecule has 6 heteroatoms. The largest absolute Gasteiger partial charge is 0.367 e. The van der Waals surface area contributed by atoms with Crippen LogP contribution in [0.2, 0.25) is 0 Å². The molecule has 2 aliphatic rings. The van der Waals surface area contributed by atoms with E-state index in [0.29, 0.717) is 30.8 Å². The topological polar surface area (TPSA) is 58.1 Å². The summed E-state index contributed by atoms with van der Waals surface area (Å²) in [6.45, 7) is 0.559. The van der Waals surface area contributed by atoms with E-state index in [1.54, 1.807) is 6.33 Å². The molecule has 2 aromatic heterocycles. The molecule has 0 bridgehead atoms. The lowest BCUT2D eigenvalue weighted by Gasteiger charge is -2.35. The van der Waals surface area contributed by atoms with Gasteiger partial charge in [-0.25, -0.2) is 9.97 Å². The van der Waals surface area contributed by atoms with E-state index in [9.17, 15) is 4.79 Å². The number of fused-ring (bicyclic) bond motifs is 3. The molecule has 1 fully saturated rings. The quantitative estimate of drug-likeness (QED) is 0.523. The first-order valence-corrected chi connectivity index (χ1v) is 12.8. The van der Waals surface area contributed by atoms with E-state index in [1.807, 2.05) is 29.5 Å². The van der Waals surface area contributed by atoms with Crippen molar-refractivity contribution in [2.45, 2.75) is 69.9 Å². The molecule has 0 atom stereocenters. The molecular formula is C26H32N4OS. The molecule has 32 heavy (non-hydrogen) atoms. The summed E-state index contributed by atoms with van der Waals surface area (Å²) in [4.78, 5) is 26.6. The molecule has 0 saturated heterocycles. The predicted molar refractivity (Wildman–Crippen MR) is 132 cm³/mol. The van der Waals surface area contributed by atoms with E-state index >= 15 is 0 Å². The second-order valence-corrected chi connectivity index (χ2v) is 10.4. The lowest BCUT2D eigenvalue weighted by molar-refractivity contribution is -0.120. The SMILES string of the molecule is CN(CC(=O)CCc1ccccc1)C1CCC(Nc2ncnc3sc4c(c23)CCC4)CC1. The third-order valence-corrected chi connectivity index (χ3v) is 8.32. The number of Topliss-reactive ketones (excluding diaryl/α,β-unsaturated/α-hetero) is 1. The average Bonchev–Trinajstić information content (AvgIpc) is 3.40. The fourth-order valence-corrected chi connectivity index (χ4v) is 6.54. The van der Waals surface area contributed by atoms with Crippen molar-refractivity contribution >= 4 is 33.2 Å². The Morgan fingerprint density at radius 1 is 1.12 bits per heavy atom. The van der Waals surface area contributed by atoms with E-state index in [4.69, 9.17) is 0 Å². The number of aryl methyl sites for hydroxylation is 3. The van der Waals surface area contributed by atoms with Crippen LogP contribution in [0.1, 0.15) is 54.5 Å². The zero-order chi connectivity index (χ0) is 21.9. The van der Waals surface area contributed by atoms with Gasteiger partial charge in [-0.05, 0) is 69.5 Å². The van der Waals surface area contributed by atoms with Crippen LogP contribution in [0.25, 0.3) is 10.2 Å². The number of hydrogen-bond acceptors (Lipinski definition) is 6. The van der Waals surface area contributed by atoms with Gasteiger partial charge in [0, 0.05) is 23.4 Å². The third-order valence-electron chi connectivity index (χ3n) is 7.12. The number of carbonyl (C=O) groups is 1. The first-order chi connectivity index (χ1) is 15.7. The minimum Gasteiger partial charge on any atom is -0.367 e. The van der Waals surface area contributed by atoms with Crippen LogP contribution >= 0.6 is 11.3 Å². The number of hydrogen-bond donors (Lipinski definition) is 1. The van der Waals surface area contributed by atoms with Gasteiger partial charge in [-0.3, -0.25) is 9.69 Å². The van der Waals surface area contributed by atoms with Gasteiger partial charge in [0.05, 0.1) is 11.9 Å². The highest BCUT2D eigenvalue weighted by atomic mass is 32.1. The van der Waals surface area contributed by atoms with Gasteiger partial charge < -0.3 is 5.32 Å². The van der Waals surface area contributed by atoms with Crippen LogP contribution < -0.4 is 5.32 Å². The second-order valence-electron chi connectivity index (χ2n) is 9.35. The molecule has 2 aliphatic carbocycles. The first kappa shape index (κ1) is 21.5. The Morgan fingerprint density at radius 2 is 1.94 bits per heavy atom. The molecule has 2 heterocycles. The Morgan fingerprint density at radius 3 is 2.75 bits per heavy atom. The molecule has 1 N–H and O–H groups in total. The molecule has 0 radical (unpaired) electrons. The summed E-state index contributed by atoms with van der Waals surface area (Å²) in [5.74, 6) is 1.37. The molecule has 168 valence electrons. The van der Waals surface area contributed by atoms with E-state index in [2.05, 4.69) is 39.4 Å². The molecule has 0 amide bonds. The molecule has 1 saturated carbocycles. The fraction of sp³-hybridized carbons (Fsp3) is 0.500. The van der Waals surface area contributed by atoms with Crippen molar-refractivity contribution in [1.29, 1.82) is 0 Å². The Hall–Kier alpha value is -2.31. The highest BCUT2D eigenvalue weighted by molar-refractivity contribution is 7.19. The summed E-state index contributed by atoms with van der Waals surface area (Å²) in [6, 6.07) is 11.2. The minimum absolute atomic E-state index is 0.339. The number of benzene rings is 1. The van der Waals surface area contributed by atoms with Crippen LogP contribution in [0.5, 0.6) is 0 Å². The summed E-state index contributed by atoms with van der Waals surface area (Å²) in [5, 5.41) is 5.02. The number of nitrogens with zero attached hydrogens (tertiary/aromatic N) is 3. The van der Waals surface area contributed by atoms with Crippen LogP contribution in [0.4, 0.5) is 5.82 Å². The van der Waals surface area contributed by atoms with Crippen LogP contribution in [0, 0.1) is 0 Å². The van der Waals surface area contributed by atoms with Crippen LogP contribution in [0.15, 0.2) is 36.7 Å². The van der Waals surface area contributed by atoms with Crippen molar-refractivity contribution in [2.75, 3.05) is 18.9 Å². The number of rotatable bonds is 8. The first-order valence-electron chi connectivity index (χ1n) is 11.9. The maximum atomic E-state index is 12.5. The third kappa shape index (κ3) is 4.71. The lowest BCUT2D eigenvalue weighted by atomic mass is 9.90. The smallest absolute Gasteiger partial charge is 0.147 e. The number of anilines is 1. The Kier molecular flexibility index (Phi) is 6.51. The summed E-state index contributed by atoms with van der Waals surface area (Å²) >= 11 is 1.85. The monoisotopic (exact) mass is 448 g/mol. The normalized spacial score (nSPS) is 20.6. The van der Waals surface area contributed by atoms with E-state index in [1.165, 1.54) is 34.2 Å². The van der Waals surface area contributed by atoms with E-state index in [-0.39, 0.29) is 0 Å². The summed E-state index contributed by atoms with van der Waals surface area (Å²) in [7, 11) is 2.11. The maximum absolute atomic E-state index is 12.5. The van der Waals surface area contributed by atoms with Crippen molar-refractivity contribution < 1.29 is 4.79 Å². The molecule has 0 aliphatic heterocycles. The summed E-state index contributed by atoms with van der Waals surface area (Å²) in [5.41, 5.74) is 2.72. The molecule has 1 aromatic carbocycles. The molecule has 5 nitrogen and oxygen atoms in total. The van der Waals surface area contributed by atoms with Crippen molar-refractivity contribution in [2.24, 2.45) is 0 Å². The summed E-state index contributed by atoms with van der Waals surface area (Å²) < 4.78 is 0. The van der Waals surface area contributed by atoms with Gasteiger partial charge in [0.15, 0.2) is 0 Å². The van der Waals surface area contributed by atoms with Gasteiger partial charge in [-0.2, -0.15) is 0 Å². The lowest BCUT2D eigenvalue weighted by Crippen LogP contribution is -2.40. The van der Waals surface area contributed by atoms with Gasteiger partial charge in [0.1, 0.15) is 22.8 Å². The van der Waals surface area contributed by atoms with Gasteiger partial charge in [-0.15, -0.1) is 11.3 Å². The molecule has 0 unspecified atom stereocenters. The zero-order valence-electron chi connectivity index (χ0n) is 18.8. The predicted octanol–water partition coefficient (Wildman–Crippen LogP) is 5.04. The van der Waals surface area contributed by atoms with Crippen LogP contribution in [-0.2, 0) is 24.1 Å². The van der Waals surface area contributed by atoms with E-state index in [0.717, 1.165) is 49.2 Å².